The number of piperazine rings is 1. The summed E-state index contributed by atoms with van der Waals surface area (Å²) in [6.07, 6.45) is 2.00. The molecule has 1 fully saturated rings. The van der Waals surface area contributed by atoms with E-state index in [1.165, 1.54) is 0 Å². The van der Waals surface area contributed by atoms with Crippen molar-refractivity contribution in [1.82, 2.24) is 15.1 Å². The van der Waals surface area contributed by atoms with E-state index in [9.17, 15) is 9.59 Å². The van der Waals surface area contributed by atoms with Gasteiger partial charge < -0.3 is 10.6 Å². The Bertz CT molecular complexity index is 573. The highest BCUT2D eigenvalue weighted by Gasteiger charge is 2.26. The lowest BCUT2D eigenvalue weighted by molar-refractivity contribution is -0.124. The lowest BCUT2D eigenvalue weighted by Gasteiger charge is -2.37. The number of benzene rings is 1. The highest BCUT2D eigenvalue weighted by atomic mass is 32.2. The third-order valence-corrected chi connectivity index (χ3v) is 5.14. The van der Waals surface area contributed by atoms with E-state index in [1.807, 2.05) is 37.4 Å². The van der Waals surface area contributed by atoms with Gasteiger partial charge in [0.25, 0.3) is 0 Å². The van der Waals surface area contributed by atoms with Gasteiger partial charge in [-0.15, -0.1) is 11.8 Å². The fourth-order valence-corrected chi connectivity index (χ4v) is 3.30. The predicted molar refractivity (Wildman–Crippen MR) is 98.4 cm³/mol. The maximum atomic E-state index is 12.5. The van der Waals surface area contributed by atoms with E-state index in [-0.39, 0.29) is 17.9 Å². The Morgan fingerprint density at radius 2 is 1.88 bits per heavy atom. The van der Waals surface area contributed by atoms with Gasteiger partial charge in [0.1, 0.15) is 0 Å². The summed E-state index contributed by atoms with van der Waals surface area (Å²) >= 11 is 1.62. The summed E-state index contributed by atoms with van der Waals surface area (Å²) in [6, 6.07) is 7.64. The number of anilines is 1. The molecule has 0 unspecified atom stereocenters. The molecule has 2 N–H and O–H groups in total. The van der Waals surface area contributed by atoms with E-state index < -0.39 is 0 Å². The molecule has 0 saturated carbocycles. The van der Waals surface area contributed by atoms with E-state index in [1.54, 1.807) is 18.8 Å². The van der Waals surface area contributed by atoms with E-state index in [2.05, 4.69) is 20.4 Å². The molecular formula is C17H26N4O2S. The number of likely N-dealkylation sites (N-methyl/N-ethyl adjacent to an activating group) is 1. The molecule has 1 saturated heterocycles. The molecule has 1 heterocycles. The minimum Gasteiger partial charge on any atom is -0.358 e. The van der Waals surface area contributed by atoms with E-state index in [4.69, 9.17) is 0 Å². The Morgan fingerprint density at radius 3 is 2.50 bits per heavy atom. The first kappa shape index (κ1) is 18.8. The van der Waals surface area contributed by atoms with Crippen molar-refractivity contribution in [2.75, 3.05) is 51.3 Å². The summed E-state index contributed by atoms with van der Waals surface area (Å²) < 4.78 is 0. The molecule has 2 rings (SSSR count). The number of hydrogen-bond donors (Lipinski definition) is 2. The average molecular weight is 350 g/mol. The van der Waals surface area contributed by atoms with Crippen LogP contribution in [-0.2, 0) is 9.59 Å². The van der Waals surface area contributed by atoms with Gasteiger partial charge in [-0.05, 0) is 25.3 Å². The number of hydrogen-bond acceptors (Lipinski definition) is 5. The molecule has 6 nitrogen and oxygen atoms in total. The molecule has 0 spiro atoms. The molecule has 1 aromatic carbocycles. The zero-order chi connectivity index (χ0) is 17.5. The Kier molecular flexibility index (Phi) is 7.08. The molecule has 0 aliphatic carbocycles. The summed E-state index contributed by atoms with van der Waals surface area (Å²) in [5, 5.41) is 5.67. The van der Waals surface area contributed by atoms with Crippen molar-refractivity contribution in [1.29, 1.82) is 0 Å². The summed E-state index contributed by atoms with van der Waals surface area (Å²) in [5.41, 5.74) is 0.861. The van der Waals surface area contributed by atoms with Crippen molar-refractivity contribution in [3.63, 3.8) is 0 Å². The van der Waals surface area contributed by atoms with Gasteiger partial charge in [0.2, 0.25) is 11.8 Å². The predicted octanol–water partition coefficient (Wildman–Crippen LogP) is 1.10. The number of rotatable bonds is 6. The SMILES string of the molecule is CNC(=O)CN1CCN([C@@H](C)C(=O)Nc2ccccc2SC)CC1. The largest absolute Gasteiger partial charge is 0.358 e. The number of carbonyl (C=O) groups is 2. The second-order valence-electron chi connectivity index (χ2n) is 5.85. The summed E-state index contributed by atoms with van der Waals surface area (Å²) in [5.74, 6) is 0.0409. The van der Waals surface area contributed by atoms with Crippen molar-refractivity contribution < 1.29 is 9.59 Å². The van der Waals surface area contributed by atoms with Crippen LogP contribution in [0, 0.1) is 0 Å². The molecule has 2 amide bonds. The van der Waals surface area contributed by atoms with Gasteiger partial charge in [0.05, 0.1) is 18.3 Å². The van der Waals surface area contributed by atoms with E-state index in [0.717, 1.165) is 36.8 Å². The van der Waals surface area contributed by atoms with Crippen LogP contribution in [0.15, 0.2) is 29.2 Å². The minimum absolute atomic E-state index is 0.0104. The van der Waals surface area contributed by atoms with Gasteiger partial charge in [-0.2, -0.15) is 0 Å². The summed E-state index contributed by atoms with van der Waals surface area (Å²) in [4.78, 5) is 29.3. The van der Waals surface area contributed by atoms with Gasteiger partial charge in [-0.25, -0.2) is 0 Å². The van der Waals surface area contributed by atoms with Crippen LogP contribution in [0.2, 0.25) is 0 Å². The van der Waals surface area contributed by atoms with Gasteiger partial charge >= 0.3 is 0 Å². The van der Waals surface area contributed by atoms with Crippen molar-refractivity contribution >= 4 is 29.3 Å². The fraction of sp³-hybridized carbons (Fsp3) is 0.529. The summed E-state index contributed by atoms with van der Waals surface area (Å²) in [7, 11) is 1.65. The number of amides is 2. The van der Waals surface area contributed by atoms with Gasteiger partial charge in [0.15, 0.2) is 0 Å². The van der Waals surface area contributed by atoms with Crippen molar-refractivity contribution in [3.8, 4) is 0 Å². The third kappa shape index (κ3) is 4.96. The minimum atomic E-state index is -0.193. The smallest absolute Gasteiger partial charge is 0.241 e. The van der Waals surface area contributed by atoms with Crippen LogP contribution >= 0.6 is 11.8 Å². The van der Waals surface area contributed by atoms with Crippen LogP contribution in [0.3, 0.4) is 0 Å². The molecule has 1 aliphatic heterocycles. The lowest BCUT2D eigenvalue weighted by atomic mass is 10.2. The zero-order valence-corrected chi connectivity index (χ0v) is 15.4. The van der Waals surface area contributed by atoms with Crippen molar-refractivity contribution in [2.24, 2.45) is 0 Å². The molecule has 1 aromatic rings. The number of thioether (sulfide) groups is 1. The number of nitrogens with one attached hydrogen (secondary N) is 2. The first-order chi connectivity index (χ1) is 11.5. The molecule has 132 valence electrons. The Balaban J connectivity index is 1.87. The molecule has 1 aliphatic rings. The molecule has 7 heteroatoms. The third-order valence-electron chi connectivity index (χ3n) is 4.34. The highest BCUT2D eigenvalue weighted by Crippen LogP contribution is 2.25. The van der Waals surface area contributed by atoms with Crippen molar-refractivity contribution in [3.05, 3.63) is 24.3 Å². The second-order valence-corrected chi connectivity index (χ2v) is 6.70. The number of para-hydroxylation sites is 1. The Labute approximate surface area is 148 Å². The topological polar surface area (TPSA) is 64.7 Å². The lowest BCUT2D eigenvalue weighted by Crippen LogP contribution is -2.54. The first-order valence-electron chi connectivity index (χ1n) is 8.16. The maximum Gasteiger partial charge on any atom is 0.241 e. The quantitative estimate of drug-likeness (QED) is 0.752. The van der Waals surface area contributed by atoms with Gasteiger partial charge in [-0.1, -0.05) is 12.1 Å². The molecule has 0 aromatic heterocycles. The standard InChI is InChI=1S/C17H26N4O2S/c1-13(17(23)19-14-6-4-5-7-15(14)24-3)21-10-8-20(9-11-21)12-16(22)18-2/h4-7,13H,8-12H2,1-3H3,(H,18,22)(H,19,23)/t13-/m0/s1. The van der Waals surface area contributed by atoms with Gasteiger partial charge in [-0.3, -0.25) is 19.4 Å². The van der Waals surface area contributed by atoms with E-state index in [0.29, 0.717) is 6.54 Å². The second kappa shape index (κ2) is 9.05. The Hall–Kier alpha value is -1.57. The normalized spacial score (nSPS) is 17.3. The highest BCUT2D eigenvalue weighted by molar-refractivity contribution is 7.98. The van der Waals surface area contributed by atoms with Crippen LogP contribution in [0.4, 0.5) is 5.69 Å². The molecule has 24 heavy (non-hydrogen) atoms. The number of carbonyl (C=O) groups excluding carboxylic acids is 2. The average Bonchev–Trinajstić information content (AvgIpc) is 2.62. The van der Waals surface area contributed by atoms with Crippen LogP contribution in [-0.4, -0.2) is 73.7 Å². The molecular weight excluding hydrogens is 324 g/mol. The van der Waals surface area contributed by atoms with Crippen LogP contribution in [0.25, 0.3) is 0 Å². The maximum absolute atomic E-state index is 12.5. The molecule has 1 atom stereocenters. The molecule has 0 radical (unpaired) electrons. The van der Waals surface area contributed by atoms with Crippen LogP contribution < -0.4 is 10.6 Å². The summed E-state index contributed by atoms with van der Waals surface area (Å²) in [6.45, 7) is 5.53. The van der Waals surface area contributed by atoms with Crippen LogP contribution in [0.5, 0.6) is 0 Å². The Morgan fingerprint density at radius 1 is 1.21 bits per heavy atom. The van der Waals surface area contributed by atoms with Crippen LogP contribution in [0.1, 0.15) is 6.92 Å². The number of nitrogens with zero attached hydrogens (tertiary/aromatic N) is 2. The fourth-order valence-electron chi connectivity index (χ4n) is 2.74. The monoisotopic (exact) mass is 350 g/mol. The molecule has 0 bridgehead atoms. The van der Waals surface area contributed by atoms with E-state index >= 15 is 0 Å². The zero-order valence-electron chi connectivity index (χ0n) is 14.5. The first-order valence-corrected chi connectivity index (χ1v) is 9.38. The van der Waals surface area contributed by atoms with Gasteiger partial charge in [0, 0.05) is 38.1 Å². The van der Waals surface area contributed by atoms with Crippen molar-refractivity contribution in [2.45, 2.75) is 17.9 Å².